The topological polar surface area (TPSA) is 99.2 Å². The summed E-state index contributed by atoms with van der Waals surface area (Å²) in [7, 11) is 2.73. The SMILES string of the molecule is CCOC1CN(Cc2ccc(C#Cc3ccc(C(=O)N(C)C(C)(C(=O)CO)C(=O)NC)cc3)cc2)C1. The molecule has 1 fully saturated rings. The van der Waals surface area contributed by atoms with Crippen LogP contribution in [-0.4, -0.2) is 84.5 Å². The van der Waals surface area contributed by atoms with Gasteiger partial charge in [0.05, 0.1) is 6.10 Å². The van der Waals surface area contributed by atoms with E-state index in [-0.39, 0.29) is 0 Å². The first-order chi connectivity index (χ1) is 17.2. The van der Waals surface area contributed by atoms with Gasteiger partial charge >= 0.3 is 0 Å². The Labute approximate surface area is 212 Å². The number of carbonyl (C=O) groups is 3. The Bertz CT molecular complexity index is 1130. The molecule has 2 amide bonds. The standard InChI is InChI=1S/C28H33N3O5/c1-5-36-24-17-31(18-24)16-22-10-8-20(9-11-22)6-7-21-12-14-23(15-13-21)26(34)30(4)28(2,25(33)19-32)27(35)29-3/h8-15,24,32H,5,16-19H2,1-4H3,(H,29,35). The average Bonchev–Trinajstić information content (AvgIpc) is 2.89. The first-order valence-corrected chi connectivity index (χ1v) is 11.9. The highest BCUT2D eigenvalue weighted by molar-refractivity contribution is 6.14. The number of aliphatic hydroxyl groups excluding tert-OH is 1. The highest BCUT2D eigenvalue weighted by atomic mass is 16.5. The zero-order chi connectivity index (χ0) is 26.3. The molecule has 0 aliphatic carbocycles. The van der Waals surface area contributed by atoms with Crippen molar-refractivity contribution in [3.63, 3.8) is 0 Å². The third kappa shape index (κ3) is 6.00. The lowest BCUT2D eigenvalue weighted by atomic mass is 9.92. The molecule has 0 radical (unpaired) electrons. The number of Topliss-reactive ketones (excluding diaryl/α,β-unsaturated/α-hetero) is 1. The quantitative estimate of drug-likeness (QED) is 0.407. The van der Waals surface area contributed by atoms with Gasteiger partial charge in [0.2, 0.25) is 0 Å². The summed E-state index contributed by atoms with van der Waals surface area (Å²) in [4.78, 5) is 41.0. The van der Waals surface area contributed by atoms with Crippen LogP contribution in [0.4, 0.5) is 0 Å². The zero-order valence-corrected chi connectivity index (χ0v) is 21.2. The van der Waals surface area contributed by atoms with Gasteiger partial charge in [-0.15, -0.1) is 0 Å². The van der Waals surface area contributed by atoms with Crippen LogP contribution in [-0.2, 0) is 20.9 Å². The number of amides is 2. The first-order valence-electron chi connectivity index (χ1n) is 11.9. The molecule has 1 aliphatic rings. The van der Waals surface area contributed by atoms with Crippen LogP contribution >= 0.6 is 0 Å². The number of ketones is 1. The second kappa shape index (κ2) is 12.0. The monoisotopic (exact) mass is 491 g/mol. The summed E-state index contributed by atoms with van der Waals surface area (Å²) < 4.78 is 5.59. The third-order valence-corrected chi connectivity index (χ3v) is 6.50. The van der Waals surface area contributed by atoms with E-state index in [1.807, 2.05) is 19.1 Å². The number of benzene rings is 2. The van der Waals surface area contributed by atoms with Crippen LogP contribution in [0.5, 0.6) is 0 Å². The summed E-state index contributed by atoms with van der Waals surface area (Å²) in [5, 5.41) is 11.7. The van der Waals surface area contributed by atoms with Gasteiger partial charge in [-0.1, -0.05) is 24.0 Å². The molecule has 0 spiro atoms. The van der Waals surface area contributed by atoms with Crippen molar-refractivity contribution in [2.24, 2.45) is 0 Å². The van der Waals surface area contributed by atoms with E-state index in [4.69, 9.17) is 4.74 Å². The van der Waals surface area contributed by atoms with E-state index < -0.39 is 29.7 Å². The van der Waals surface area contributed by atoms with Crippen LogP contribution in [0.15, 0.2) is 48.5 Å². The summed E-state index contributed by atoms with van der Waals surface area (Å²) in [6.45, 7) is 6.05. The van der Waals surface area contributed by atoms with E-state index >= 15 is 0 Å². The Balaban J connectivity index is 1.63. The second-order valence-corrected chi connectivity index (χ2v) is 8.89. The van der Waals surface area contributed by atoms with Crippen molar-refractivity contribution in [3.05, 3.63) is 70.8 Å². The third-order valence-electron chi connectivity index (χ3n) is 6.50. The molecule has 190 valence electrons. The molecule has 2 aromatic rings. The Morgan fingerprint density at radius 3 is 2.14 bits per heavy atom. The number of aliphatic hydroxyl groups is 1. The molecule has 1 atom stereocenters. The molecule has 3 rings (SSSR count). The summed E-state index contributed by atoms with van der Waals surface area (Å²) in [6.07, 6.45) is 0.352. The maximum absolute atomic E-state index is 13.0. The van der Waals surface area contributed by atoms with Crippen molar-refractivity contribution in [1.82, 2.24) is 15.1 Å². The number of likely N-dealkylation sites (tertiary alicyclic amines) is 1. The lowest BCUT2D eigenvalue weighted by Gasteiger charge is -2.38. The first kappa shape index (κ1) is 27.1. The van der Waals surface area contributed by atoms with E-state index in [0.717, 1.165) is 42.3 Å². The van der Waals surface area contributed by atoms with E-state index in [9.17, 15) is 19.5 Å². The number of hydrogen-bond acceptors (Lipinski definition) is 6. The summed E-state index contributed by atoms with van der Waals surface area (Å²) in [5.74, 6) is 4.25. The summed E-state index contributed by atoms with van der Waals surface area (Å²) in [5.41, 5.74) is 1.31. The van der Waals surface area contributed by atoms with Crippen LogP contribution in [0.2, 0.25) is 0 Å². The van der Waals surface area contributed by atoms with Gasteiger partial charge in [0, 0.05) is 57.0 Å². The smallest absolute Gasteiger partial charge is 0.254 e. The number of carbonyl (C=O) groups excluding carboxylic acids is 3. The number of nitrogens with one attached hydrogen (secondary N) is 1. The fourth-order valence-corrected chi connectivity index (χ4v) is 4.04. The molecule has 2 aromatic carbocycles. The highest BCUT2D eigenvalue weighted by Crippen LogP contribution is 2.19. The fourth-order valence-electron chi connectivity index (χ4n) is 4.04. The maximum atomic E-state index is 13.0. The van der Waals surface area contributed by atoms with Crippen molar-refractivity contribution in [2.75, 3.05) is 40.4 Å². The van der Waals surface area contributed by atoms with Gasteiger partial charge in [0.25, 0.3) is 11.8 Å². The zero-order valence-electron chi connectivity index (χ0n) is 21.2. The van der Waals surface area contributed by atoms with Crippen LogP contribution in [0.25, 0.3) is 0 Å². The number of rotatable bonds is 9. The molecular weight excluding hydrogens is 458 g/mol. The van der Waals surface area contributed by atoms with Crippen LogP contribution in [0, 0.1) is 11.8 Å². The van der Waals surface area contributed by atoms with E-state index in [2.05, 4.69) is 34.2 Å². The molecular formula is C28H33N3O5. The molecule has 1 aliphatic heterocycles. The summed E-state index contributed by atoms with van der Waals surface area (Å²) >= 11 is 0. The minimum Gasteiger partial charge on any atom is -0.388 e. The van der Waals surface area contributed by atoms with Crippen LogP contribution < -0.4 is 5.32 Å². The molecule has 0 saturated carbocycles. The summed E-state index contributed by atoms with van der Waals surface area (Å²) in [6, 6.07) is 14.8. The van der Waals surface area contributed by atoms with Crippen molar-refractivity contribution in [2.45, 2.75) is 32.0 Å². The Morgan fingerprint density at radius 1 is 1.08 bits per heavy atom. The Hall–Kier alpha value is -3.51. The lowest BCUT2D eigenvalue weighted by Crippen LogP contribution is -2.62. The van der Waals surface area contributed by atoms with Gasteiger partial charge in [-0.3, -0.25) is 19.3 Å². The van der Waals surface area contributed by atoms with Gasteiger partial charge in [-0.2, -0.15) is 0 Å². The minimum atomic E-state index is -1.83. The molecule has 0 aromatic heterocycles. The molecule has 8 heteroatoms. The van der Waals surface area contributed by atoms with Crippen LogP contribution in [0.1, 0.15) is 40.9 Å². The predicted molar refractivity (Wildman–Crippen MR) is 136 cm³/mol. The predicted octanol–water partition coefficient (Wildman–Crippen LogP) is 1.45. The largest absolute Gasteiger partial charge is 0.388 e. The number of hydrogen-bond donors (Lipinski definition) is 2. The van der Waals surface area contributed by atoms with Crippen molar-refractivity contribution in [1.29, 1.82) is 0 Å². The van der Waals surface area contributed by atoms with E-state index in [1.165, 1.54) is 26.6 Å². The van der Waals surface area contributed by atoms with Gasteiger partial charge in [0.15, 0.2) is 11.3 Å². The van der Waals surface area contributed by atoms with Crippen molar-refractivity contribution < 1.29 is 24.2 Å². The van der Waals surface area contributed by atoms with Crippen molar-refractivity contribution in [3.8, 4) is 11.8 Å². The lowest BCUT2D eigenvalue weighted by molar-refractivity contribution is -0.143. The Morgan fingerprint density at radius 2 is 1.64 bits per heavy atom. The highest BCUT2D eigenvalue weighted by Gasteiger charge is 2.46. The molecule has 1 heterocycles. The van der Waals surface area contributed by atoms with Gasteiger partial charge < -0.3 is 20.1 Å². The fraction of sp³-hybridized carbons (Fsp3) is 0.393. The van der Waals surface area contributed by atoms with Gasteiger partial charge in [0.1, 0.15) is 6.61 Å². The van der Waals surface area contributed by atoms with Gasteiger partial charge in [-0.05, 0) is 55.8 Å². The molecule has 1 saturated heterocycles. The number of ether oxygens (including phenoxy) is 1. The molecule has 2 N–H and O–H groups in total. The normalized spacial score (nSPS) is 15.1. The molecule has 8 nitrogen and oxygen atoms in total. The Kier molecular flexibility index (Phi) is 8.99. The van der Waals surface area contributed by atoms with Crippen molar-refractivity contribution >= 4 is 17.6 Å². The second-order valence-electron chi connectivity index (χ2n) is 8.89. The van der Waals surface area contributed by atoms with E-state index in [0.29, 0.717) is 11.7 Å². The number of nitrogens with zero attached hydrogens (tertiary/aromatic N) is 2. The molecule has 0 bridgehead atoms. The average molecular weight is 492 g/mol. The maximum Gasteiger partial charge on any atom is 0.254 e. The minimum absolute atomic E-state index is 0.297. The number of likely N-dealkylation sites (N-methyl/N-ethyl adjacent to an activating group) is 2. The van der Waals surface area contributed by atoms with E-state index in [1.54, 1.807) is 24.3 Å². The van der Waals surface area contributed by atoms with Crippen LogP contribution in [0.3, 0.4) is 0 Å². The van der Waals surface area contributed by atoms with Gasteiger partial charge in [-0.25, -0.2) is 0 Å². The molecule has 1 unspecified atom stereocenters. The molecule has 36 heavy (non-hydrogen) atoms.